The standard InChI is InChI=1S/C20H17BrF3N3OS/c1-11-8-12(21)6-7-15(11)26-17(28)10-29-19-14(9-25)18(20(22,23)24)13-4-2-3-5-16(13)27-19/h6-8H,2-5,10H2,1H3,(H,26,28). The minimum atomic E-state index is -4.64. The van der Waals surface area contributed by atoms with Crippen LogP contribution in [0, 0.1) is 18.3 Å². The van der Waals surface area contributed by atoms with Gasteiger partial charge in [0.1, 0.15) is 11.1 Å². The highest BCUT2D eigenvalue weighted by Crippen LogP contribution is 2.41. The maximum atomic E-state index is 13.7. The van der Waals surface area contributed by atoms with Gasteiger partial charge < -0.3 is 5.32 Å². The molecule has 2 aromatic rings. The number of benzene rings is 1. The van der Waals surface area contributed by atoms with E-state index in [0.717, 1.165) is 28.2 Å². The molecule has 0 spiro atoms. The Bertz CT molecular complexity index is 1000. The van der Waals surface area contributed by atoms with Gasteiger partial charge in [-0.15, -0.1) is 0 Å². The smallest absolute Gasteiger partial charge is 0.325 e. The first-order valence-electron chi connectivity index (χ1n) is 8.92. The van der Waals surface area contributed by atoms with Crippen molar-refractivity contribution >= 4 is 39.3 Å². The first-order valence-corrected chi connectivity index (χ1v) is 10.7. The minimum absolute atomic E-state index is 0.0387. The van der Waals surface area contributed by atoms with E-state index in [4.69, 9.17) is 0 Å². The summed E-state index contributed by atoms with van der Waals surface area (Å²) in [5, 5.41) is 12.1. The number of halogens is 4. The quantitative estimate of drug-likeness (QED) is 0.570. The van der Waals surface area contributed by atoms with E-state index in [1.54, 1.807) is 18.2 Å². The topological polar surface area (TPSA) is 65.8 Å². The van der Waals surface area contributed by atoms with Gasteiger partial charge in [-0.2, -0.15) is 18.4 Å². The molecule has 0 radical (unpaired) electrons. The Morgan fingerprint density at radius 2 is 2.07 bits per heavy atom. The lowest BCUT2D eigenvalue weighted by atomic mass is 9.90. The van der Waals surface area contributed by atoms with E-state index >= 15 is 0 Å². The average Bonchev–Trinajstić information content (AvgIpc) is 2.66. The molecule has 29 heavy (non-hydrogen) atoms. The molecule has 1 aromatic heterocycles. The second-order valence-electron chi connectivity index (χ2n) is 6.70. The number of carbonyl (C=O) groups is 1. The third kappa shape index (κ3) is 4.93. The zero-order valence-corrected chi connectivity index (χ0v) is 17.9. The van der Waals surface area contributed by atoms with Crippen LogP contribution >= 0.6 is 27.7 Å². The van der Waals surface area contributed by atoms with Crippen molar-refractivity contribution in [3.63, 3.8) is 0 Å². The fourth-order valence-corrected chi connectivity index (χ4v) is 4.61. The molecule has 0 aliphatic heterocycles. The highest BCUT2D eigenvalue weighted by Gasteiger charge is 2.40. The molecule has 9 heteroatoms. The van der Waals surface area contributed by atoms with E-state index in [1.165, 1.54) is 0 Å². The number of aryl methyl sites for hydroxylation is 2. The lowest BCUT2D eigenvalue weighted by Crippen LogP contribution is -2.20. The number of anilines is 1. The molecule has 1 aliphatic rings. The van der Waals surface area contributed by atoms with E-state index in [2.05, 4.69) is 26.2 Å². The molecule has 0 bridgehead atoms. The number of carbonyl (C=O) groups excluding carboxylic acids is 1. The number of amides is 1. The number of pyridine rings is 1. The number of fused-ring (bicyclic) bond motifs is 1. The maximum absolute atomic E-state index is 13.7. The molecule has 0 atom stereocenters. The first-order chi connectivity index (χ1) is 13.7. The first kappa shape index (κ1) is 21.7. The molecular weight excluding hydrogens is 467 g/mol. The van der Waals surface area contributed by atoms with Crippen molar-refractivity contribution in [3.8, 4) is 6.07 Å². The van der Waals surface area contributed by atoms with E-state index in [9.17, 15) is 23.2 Å². The molecule has 0 fully saturated rings. The fourth-order valence-electron chi connectivity index (χ4n) is 3.33. The van der Waals surface area contributed by atoms with E-state index in [-0.39, 0.29) is 28.7 Å². The Morgan fingerprint density at radius 1 is 1.34 bits per heavy atom. The predicted octanol–water partition coefficient (Wildman–Crippen LogP) is 5.65. The number of hydrogen-bond acceptors (Lipinski definition) is 4. The Labute approximate surface area is 179 Å². The second-order valence-corrected chi connectivity index (χ2v) is 8.58. The van der Waals surface area contributed by atoms with E-state index < -0.39 is 17.3 Å². The number of nitrogens with zero attached hydrogens (tertiary/aromatic N) is 2. The highest BCUT2D eigenvalue weighted by atomic mass is 79.9. The predicted molar refractivity (Wildman–Crippen MR) is 109 cm³/mol. The van der Waals surface area contributed by atoms with Crippen LogP contribution in [0.4, 0.5) is 18.9 Å². The number of thioether (sulfide) groups is 1. The van der Waals surface area contributed by atoms with Gasteiger partial charge in [-0.05, 0) is 61.9 Å². The summed E-state index contributed by atoms with van der Waals surface area (Å²) in [6.07, 6.45) is -2.52. The molecular formula is C20H17BrF3N3OS. The molecule has 3 rings (SSSR count). The van der Waals surface area contributed by atoms with Gasteiger partial charge in [-0.3, -0.25) is 4.79 Å². The number of nitrogens with one attached hydrogen (secondary N) is 1. The summed E-state index contributed by atoms with van der Waals surface area (Å²) >= 11 is 4.20. The van der Waals surface area contributed by atoms with Crippen molar-refractivity contribution in [2.24, 2.45) is 0 Å². The third-order valence-electron chi connectivity index (χ3n) is 4.64. The summed E-state index contributed by atoms with van der Waals surface area (Å²) in [6.45, 7) is 1.84. The largest absolute Gasteiger partial charge is 0.418 e. The van der Waals surface area contributed by atoms with Crippen LogP contribution in [-0.2, 0) is 23.8 Å². The zero-order valence-electron chi connectivity index (χ0n) is 15.5. The van der Waals surface area contributed by atoms with Crippen molar-refractivity contribution in [1.82, 2.24) is 4.98 Å². The highest BCUT2D eigenvalue weighted by molar-refractivity contribution is 9.10. The van der Waals surface area contributed by atoms with Crippen LogP contribution in [0.25, 0.3) is 0 Å². The number of hydrogen-bond donors (Lipinski definition) is 1. The monoisotopic (exact) mass is 483 g/mol. The second kappa shape index (κ2) is 8.76. The summed E-state index contributed by atoms with van der Waals surface area (Å²) in [7, 11) is 0. The van der Waals surface area contributed by atoms with Crippen molar-refractivity contribution < 1.29 is 18.0 Å². The Kier molecular flexibility index (Phi) is 6.54. The number of rotatable bonds is 4. The fraction of sp³-hybridized carbons (Fsp3) is 0.350. The van der Waals surface area contributed by atoms with Crippen LogP contribution in [-0.4, -0.2) is 16.6 Å². The van der Waals surface area contributed by atoms with Crippen LogP contribution in [0.3, 0.4) is 0 Å². The van der Waals surface area contributed by atoms with Gasteiger partial charge in [0, 0.05) is 15.9 Å². The number of alkyl halides is 3. The number of aromatic nitrogens is 1. The summed E-state index contributed by atoms with van der Waals surface area (Å²) in [6, 6.07) is 7.03. The molecule has 1 heterocycles. The van der Waals surface area contributed by atoms with Crippen LogP contribution in [0.1, 0.15) is 40.8 Å². The molecule has 1 amide bonds. The van der Waals surface area contributed by atoms with Crippen LogP contribution in [0.2, 0.25) is 0 Å². The van der Waals surface area contributed by atoms with Gasteiger partial charge in [0.05, 0.1) is 16.9 Å². The van der Waals surface area contributed by atoms with Crippen LogP contribution < -0.4 is 5.32 Å². The third-order valence-corrected chi connectivity index (χ3v) is 6.11. The Balaban J connectivity index is 1.85. The van der Waals surface area contributed by atoms with Crippen LogP contribution in [0.15, 0.2) is 27.7 Å². The molecule has 0 unspecified atom stereocenters. The summed E-state index contributed by atoms with van der Waals surface area (Å²) in [5.74, 6) is -0.523. The summed E-state index contributed by atoms with van der Waals surface area (Å²) in [5.41, 5.74) is 0.594. The SMILES string of the molecule is Cc1cc(Br)ccc1NC(=O)CSc1nc2c(c(C(F)(F)F)c1C#N)CCCC2. The molecule has 4 nitrogen and oxygen atoms in total. The van der Waals surface area contributed by atoms with Gasteiger partial charge in [0.2, 0.25) is 5.91 Å². The number of nitriles is 1. The molecule has 0 saturated carbocycles. The minimum Gasteiger partial charge on any atom is -0.325 e. The van der Waals surface area contributed by atoms with Crippen molar-refractivity contribution in [1.29, 1.82) is 5.26 Å². The Hall–Kier alpha value is -2.05. The van der Waals surface area contributed by atoms with E-state index in [1.807, 2.05) is 13.0 Å². The zero-order chi connectivity index (χ0) is 21.2. The lowest BCUT2D eigenvalue weighted by Gasteiger charge is -2.22. The Morgan fingerprint density at radius 3 is 2.72 bits per heavy atom. The lowest BCUT2D eigenvalue weighted by molar-refractivity contribution is -0.138. The normalized spacial score (nSPS) is 13.5. The van der Waals surface area contributed by atoms with Crippen LogP contribution in [0.5, 0.6) is 0 Å². The van der Waals surface area contributed by atoms with Crippen molar-refractivity contribution in [2.75, 3.05) is 11.1 Å². The molecule has 0 saturated heterocycles. The summed E-state index contributed by atoms with van der Waals surface area (Å²) in [4.78, 5) is 16.6. The molecule has 1 aromatic carbocycles. The van der Waals surface area contributed by atoms with Gasteiger partial charge in [-0.1, -0.05) is 27.7 Å². The summed E-state index contributed by atoms with van der Waals surface area (Å²) < 4.78 is 42.0. The average molecular weight is 484 g/mol. The molecule has 1 N–H and O–H groups in total. The van der Waals surface area contributed by atoms with E-state index in [0.29, 0.717) is 24.2 Å². The van der Waals surface area contributed by atoms with Gasteiger partial charge in [0.15, 0.2) is 0 Å². The molecule has 152 valence electrons. The van der Waals surface area contributed by atoms with Crippen molar-refractivity contribution in [3.05, 3.63) is 50.6 Å². The maximum Gasteiger partial charge on any atom is 0.418 e. The molecule has 1 aliphatic carbocycles. The van der Waals surface area contributed by atoms with Gasteiger partial charge in [0.25, 0.3) is 0 Å². The van der Waals surface area contributed by atoms with Gasteiger partial charge >= 0.3 is 6.18 Å². The van der Waals surface area contributed by atoms with Gasteiger partial charge in [-0.25, -0.2) is 4.98 Å². The van der Waals surface area contributed by atoms with Crippen molar-refractivity contribution in [2.45, 2.75) is 43.8 Å².